The van der Waals surface area contributed by atoms with Crippen LogP contribution in [0.25, 0.3) is 0 Å². The minimum Gasteiger partial charge on any atom is -0.481 e. The summed E-state index contributed by atoms with van der Waals surface area (Å²) < 4.78 is 5.52. The van der Waals surface area contributed by atoms with Crippen LogP contribution in [0.5, 0.6) is 0 Å². The summed E-state index contributed by atoms with van der Waals surface area (Å²) >= 11 is 0. The van der Waals surface area contributed by atoms with Gasteiger partial charge in [0.05, 0.1) is 18.1 Å². The normalized spacial score (nSPS) is 29.0. The van der Waals surface area contributed by atoms with Crippen LogP contribution in [-0.2, 0) is 14.3 Å². The summed E-state index contributed by atoms with van der Waals surface area (Å²) in [5, 5.41) is 12.1. The van der Waals surface area contributed by atoms with Crippen molar-refractivity contribution in [2.45, 2.75) is 32.0 Å². The first-order valence-corrected chi connectivity index (χ1v) is 7.45. The lowest BCUT2D eigenvalue weighted by molar-refractivity contribution is -0.145. The van der Waals surface area contributed by atoms with E-state index in [0.717, 1.165) is 0 Å². The molecule has 5 nitrogen and oxygen atoms in total. The molecule has 0 unspecified atom stereocenters. The van der Waals surface area contributed by atoms with E-state index >= 15 is 0 Å². The molecule has 0 spiro atoms. The van der Waals surface area contributed by atoms with Crippen LogP contribution in [0, 0.1) is 11.8 Å². The maximum atomic E-state index is 12.4. The van der Waals surface area contributed by atoms with E-state index < -0.39 is 30.0 Å². The number of benzene rings is 1. The molecule has 1 aromatic carbocycles. The number of hydrogen-bond acceptors (Lipinski definition) is 3. The van der Waals surface area contributed by atoms with Crippen LogP contribution >= 0.6 is 0 Å². The van der Waals surface area contributed by atoms with Gasteiger partial charge in [0.15, 0.2) is 0 Å². The Labute approximate surface area is 129 Å². The molecule has 3 rings (SSSR count). The molecular weight excluding hydrogens is 282 g/mol. The van der Waals surface area contributed by atoms with Crippen LogP contribution in [0.4, 0.5) is 5.69 Å². The number of nitrogens with one attached hydrogen (secondary N) is 1. The summed E-state index contributed by atoms with van der Waals surface area (Å²) in [5.74, 6) is -2.37. The number of ether oxygens (including phenoxy) is 1. The van der Waals surface area contributed by atoms with Gasteiger partial charge in [0.2, 0.25) is 5.91 Å². The highest BCUT2D eigenvalue weighted by Gasteiger charge is 2.53. The Kier molecular flexibility index (Phi) is 3.74. The van der Waals surface area contributed by atoms with Gasteiger partial charge in [0.25, 0.3) is 0 Å². The first-order chi connectivity index (χ1) is 10.5. The molecule has 0 saturated carbocycles. The predicted molar refractivity (Wildman–Crippen MR) is 81.6 cm³/mol. The smallest absolute Gasteiger partial charge is 0.310 e. The van der Waals surface area contributed by atoms with E-state index in [4.69, 9.17) is 4.74 Å². The minimum absolute atomic E-state index is 0.304. The van der Waals surface area contributed by atoms with Crippen LogP contribution in [0.1, 0.15) is 25.3 Å². The molecule has 1 fully saturated rings. The van der Waals surface area contributed by atoms with Gasteiger partial charge in [-0.1, -0.05) is 38.1 Å². The Hall–Kier alpha value is -2.14. The molecule has 4 atom stereocenters. The van der Waals surface area contributed by atoms with E-state index in [1.54, 1.807) is 12.2 Å². The number of carboxylic acids is 1. The molecule has 1 aromatic rings. The lowest BCUT2D eigenvalue weighted by atomic mass is 9.82. The van der Waals surface area contributed by atoms with Gasteiger partial charge in [0.1, 0.15) is 5.92 Å². The average Bonchev–Trinajstić information content (AvgIpc) is 3.08. The van der Waals surface area contributed by atoms with Crippen molar-refractivity contribution < 1.29 is 19.4 Å². The van der Waals surface area contributed by atoms with Gasteiger partial charge < -0.3 is 15.2 Å². The van der Waals surface area contributed by atoms with Gasteiger partial charge in [-0.05, 0) is 23.6 Å². The first kappa shape index (κ1) is 14.8. The Morgan fingerprint density at radius 2 is 1.68 bits per heavy atom. The topological polar surface area (TPSA) is 75.6 Å². The Bertz CT molecular complexity index is 620. The molecule has 2 aliphatic heterocycles. The highest BCUT2D eigenvalue weighted by molar-refractivity contribution is 5.96. The number of carbonyl (C=O) groups excluding carboxylic acids is 1. The summed E-state index contributed by atoms with van der Waals surface area (Å²) in [6.07, 6.45) is 2.56. The van der Waals surface area contributed by atoms with Crippen molar-refractivity contribution in [3.63, 3.8) is 0 Å². The Balaban J connectivity index is 1.74. The van der Waals surface area contributed by atoms with Crippen molar-refractivity contribution in [1.82, 2.24) is 0 Å². The zero-order valence-electron chi connectivity index (χ0n) is 12.5. The highest BCUT2D eigenvalue weighted by Crippen LogP contribution is 2.39. The second-order valence-corrected chi connectivity index (χ2v) is 6.11. The number of carbonyl (C=O) groups is 2. The van der Waals surface area contributed by atoms with E-state index in [0.29, 0.717) is 11.6 Å². The molecule has 2 aliphatic rings. The molecule has 0 aromatic heterocycles. The van der Waals surface area contributed by atoms with E-state index in [1.807, 2.05) is 24.3 Å². The van der Waals surface area contributed by atoms with E-state index in [-0.39, 0.29) is 5.91 Å². The van der Waals surface area contributed by atoms with E-state index in [1.165, 1.54) is 5.56 Å². The van der Waals surface area contributed by atoms with Crippen molar-refractivity contribution in [3.05, 3.63) is 42.0 Å². The molecule has 116 valence electrons. The molecule has 5 heteroatoms. The van der Waals surface area contributed by atoms with Crippen molar-refractivity contribution in [3.8, 4) is 0 Å². The van der Waals surface area contributed by atoms with Crippen molar-refractivity contribution in [2.75, 3.05) is 5.32 Å². The van der Waals surface area contributed by atoms with Crippen LogP contribution in [0.15, 0.2) is 36.4 Å². The van der Waals surface area contributed by atoms with Crippen LogP contribution < -0.4 is 5.32 Å². The number of rotatable bonds is 4. The fourth-order valence-electron chi connectivity index (χ4n) is 3.09. The molecular formula is C17H19NO4. The third-order valence-electron chi connectivity index (χ3n) is 4.33. The molecule has 2 heterocycles. The van der Waals surface area contributed by atoms with Gasteiger partial charge in [0, 0.05) is 5.69 Å². The number of anilines is 1. The molecule has 0 radical (unpaired) electrons. The zero-order chi connectivity index (χ0) is 15.9. The first-order valence-electron chi connectivity index (χ1n) is 7.45. The van der Waals surface area contributed by atoms with Gasteiger partial charge in [-0.2, -0.15) is 0 Å². The monoisotopic (exact) mass is 301 g/mol. The molecule has 1 amide bonds. The van der Waals surface area contributed by atoms with Gasteiger partial charge in [-0.25, -0.2) is 0 Å². The summed E-state index contributed by atoms with van der Waals surface area (Å²) in [5.41, 5.74) is 1.86. The van der Waals surface area contributed by atoms with Crippen molar-refractivity contribution >= 4 is 17.6 Å². The lowest BCUT2D eigenvalue weighted by Crippen LogP contribution is -2.39. The highest BCUT2D eigenvalue weighted by atomic mass is 16.5. The second-order valence-electron chi connectivity index (χ2n) is 6.11. The third-order valence-corrected chi connectivity index (χ3v) is 4.33. The SMILES string of the molecule is CC(C)c1ccc(NC(=O)[C@H]2[C@@H](C(=O)O)[C@@H]3C=C[C@H]2O3)cc1. The fraction of sp³-hybridized carbons (Fsp3) is 0.412. The van der Waals surface area contributed by atoms with Gasteiger partial charge >= 0.3 is 5.97 Å². The molecule has 0 aliphatic carbocycles. The number of amides is 1. The summed E-state index contributed by atoms with van der Waals surface area (Å²) in [6, 6.07) is 7.61. The third kappa shape index (κ3) is 2.52. The summed E-state index contributed by atoms with van der Waals surface area (Å²) in [4.78, 5) is 23.8. The minimum atomic E-state index is -0.993. The molecule has 22 heavy (non-hydrogen) atoms. The standard InChI is InChI=1S/C17H19NO4/c1-9(2)10-3-5-11(6-4-10)18-16(19)14-12-7-8-13(22-12)15(14)17(20)21/h3-9,12-15H,1-2H3,(H,18,19)(H,20,21)/t12-,13+,14-,15+/m1/s1. The van der Waals surface area contributed by atoms with Crippen LogP contribution in [-0.4, -0.2) is 29.2 Å². The van der Waals surface area contributed by atoms with Crippen LogP contribution in [0.3, 0.4) is 0 Å². The van der Waals surface area contributed by atoms with E-state index in [9.17, 15) is 14.7 Å². The maximum absolute atomic E-state index is 12.4. The number of carboxylic acid groups (broad SMARTS) is 1. The maximum Gasteiger partial charge on any atom is 0.310 e. The number of hydrogen-bond donors (Lipinski definition) is 2. The van der Waals surface area contributed by atoms with Crippen molar-refractivity contribution in [1.29, 1.82) is 0 Å². The molecule has 2 N–H and O–H groups in total. The quantitative estimate of drug-likeness (QED) is 0.837. The Morgan fingerprint density at radius 1 is 1.09 bits per heavy atom. The van der Waals surface area contributed by atoms with Crippen LogP contribution in [0.2, 0.25) is 0 Å². The molecule has 2 bridgehead atoms. The largest absolute Gasteiger partial charge is 0.481 e. The zero-order valence-corrected chi connectivity index (χ0v) is 12.5. The van der Waals surface area contributed by atoms with E-state index in [2.05, 4.69) is 19.2 Å². The number of aliphatic carboxylic acids is 1. The van der Waals surface area contributed by atoms with Crippen molar-refractivity contribution in [2.24, 2.45) is 11.8 Å². The fourth-order valence-corrected chi connectivity index (χ4v) is 3.09. The summed E-state index contributed by atoms with van der Waals surface area (Å²) in [6.45, 7) is 4.20. The number of fused-ring (bicyclic) bond motifs is 2. The average molecular weight is 301 g/mol. The molecule has 1 saturated heterocycles. The summed E-state index contributed by atoms with van der Waals surface area (Å²) in [7, 11) is 0. The van der Waals surface area contributed by atoms with Gasteiger partial charge in [-0.3, -0.25) is 9.59 Å². The Morgan fingerprint density at radius 3 is 2.23 bits per heavy atom. The predicted octanol–water partition coefficient (Wildman–Crippen LogP) is 2.40. The lowest BCUT2D eigenvalue weighted by Gasteiger charge is -2.21. The second kappa shape index (κ2) is 5.57. The van der Waals surface area contributed by atoms with Gasteiger partial charge in [-0.15, -0.1) is 0 Å².